The van der Waals surface area contributed by atoms with Gasteiger partial charge in [0, 0.05) is 16.3 Å². The number of hydrogen-bond acceptors (Lipinski definition) is 1. The lowest BCUT2D eigenvalue weighted by atomic mass is 10.2. The fourth-order valence-corrected chi connectivity index (χ4v) is 5.91. The molecule has 0 unspecified atom stereocenters. The maximum Gasteiger partial charge on any atom is 0.146 e. The molecule has 0 saturated heterocycles. The van der Waals surface area contributed by atoms with E-state index < -0.39 is 7.14 Å². The third kappa shape index (κ3) is 3.25. The summed E-state index contributed by atoms with van der Waals surface area (Å²) in [5.74, 6) is 0. The van der Waals surface area contributed by atoms with Gasteiger partial charge in [0.1, 0.15) is 7.14 Å². The van der Waals surface area contributed by atoms with Crippen molar-refractivity contribution in [1.29, 1.82) is 0 Å². The molecule has 2 rings (SSSR count). The summed E-state index contributed by atoms with van der Waals surface area (Å²) in [5, 5.41) is 1.81. The molecule has 0 amide bonds. The van der Waals surface area contributed by atoms with Crippen molar-refractivity contribution >= 4 is 17.8 Å². The van der Waals surface area contributed by atoms with Gasteiger partial charge in [0.25, 0.3) is 0 Å². The van der Waals surface area contributed by atoms with E-state index in [1.807, 2.05) is 72.8 Å². The smallest absolute Gasteiger partial charge is 0.146 e. The second-order valence-electron chi connectivity index (χ2n) is 5.03. The van der Waals surface area contributed by atoms with E-state index in [0.717, 1.165) is 10.6 Å². The van der Waals surface area contributed by atoms with Crippen LogP contribution in [0.1, 0.15) is 12.8 Å². The van der Waals surface area contributed by atoms with Crippen molar-refractivity contribution in [3.05, 3.63) is 86.0 Å². The van der Waals surface area contributed by atoms with Gasteiger partial charge >= 0.3 is 0 Å². The van der Waals surface area contributed by atoms with Crippen LogP contribution >= 0.6 is 7.14 Å². The van der Waals surface area contributed by atoms with Crippen LogP contribution < -0.4 is 10.6 Å². The Bertz CT molecular complexity index is 578. The highest BCUT2D eigenvalue weighted by molar-refractivity contribution is 7.79. The first-order valence-electron chi connectivity index (χ1n) is 7.16. The molecule has 0 spiro atoms. The summed E-state index contributed by atoms with van der Waals surface area (Å²) in [6.07, 6.45) is 5.14. The SMILES string of the molecule is C=CCC(CC=C)P(=O)(c1ccccc1)c1ccccc1. The first-order chi connectivity index (χ1) is 10.2. The lowest BCUT2D eigenvalue weighted by Gasteiger charge is -2.27. The molecular weight excluding hydrogens is 275 g/mol. The van der Waals surface area contributed by atoms with Gasteiger partial charge in [-0.05, 0) is 12.8 Å². The van der Waals surface area contributed by atoms with Gasteiger partial charge in [-0.1, -0.05) is 72.8 Å². The zero-order valence-corrected chi connectivity index (χ0v) is 13.1. The Kier molecular flexibility index (Phi) is 5.36. The standard InChI is InChI=1S/C19H21OP/c1-3-11-17(12-4-2)21(20,18-13-7-5-8-14-18)19-15-9-6-10-16-19/h3-10,13-17H,1-2,11-12H2. The number of rotatable bonds is 7. The molecular formula is C19H21OP. The minimum absolute atomic E-state index is 0.0114. The molecule has 0 atom stereocenters. The summed E-state index contributed by atoms with van der Waals surface area (Å²) in [4.78, 5) is 0. The van der Waals surface area contributed by atoms with E-state index in [-0.39, 0.29) is 5.66 Å². The first-order valence-corrected chi connectivity index (χ1v) is 8.93. The van der Waals surface area contributed by atoms with E-state index in [1.54, 1.807) is 0 Å². The van der Waals surface area contributed by atoms with Crippen LogP contribution in [0, 0.1) is 0 Å². The molecule has 108 valence electrons. The lowest BCUT2D eigenvalue weighted by molar-refractivity contribution is 0.576. The normalized spacial score (nSPS) is 11.3. The largest absolute Gasteiger partial charge is 0.313 e. The minimum atomic E-state index is -2.71. The van der Waals surface area contributed by atoms with Crippen molar-refractivity contribution in [3.63, 3.8) is 0 Å². The van der Waals surface area contributed by atoms with Gasteiger partial charge in [0.05, 0.1) is 0 Å². The van der Waals surface area contributed by atoms with E-state index in [2.05, 4.69) is 13.2 Å². The van der Waals surface area contributed by atoms with Crippen LogP contribution in [0.5, 0.6) is 0 Å². The van der Waals surface area contributed by atoms with Gasteiger partial charge in [-0.25, -0.2) is 0 Å². The highest BCUT2D eigenvalue weighted by Gasteiger charge is 2.34. The summed E-state index contributed by atoms with van der Waals surface area (Å²) in [7, 11) is -2.71. The zero-order chi connectivity index (χ0) is 15.1. The molecule has 0 aliphatic heterocycles. The summed E-state index contributed by atoms with van der Waals surface area (Å²) in [5.41, 5.74) is 0.0114. The molecule has 0 aliphatic carbocycles. The van der Waals surface area contributed by atoms with Gasteiger partial charge in [0.2, 0.25) is 0 Å². The van der Waals surface area contributed by atoms with Crippen molar-refractivity contribution in [2.24, 2.45) is 0 Å². The van der Waals surface area contributed by atoms with Crippen LogP contribution in [-0.4, -0.2) is 5.66 Å². The fraction of sp³-hybridized carbons (Fsp3) is 0.158. The fourth-order valence-electron chi connectivity index (χ4n) is 2.65. The van der Waals surface area contributed by atoms with Gasteiger partial charge in [-0.2, -0.15) is 0 Å². The summed E-state index contributed by atoms with van der Waals surface area (Å²) in [6, 6.07) is 19.6. The predicted molar refractivity (Wildman–Crippen MR) is 93.2 cm³/mol. The second-order valence-corrected chi connectivity index (χ2v) is 8.11. The Morgan fingerprint density at radius 2 is 1.19 bits per heavy atom. The molecule has 0 aromatic heterocycles. The van der Waals surface area contributed by atoms with Crippen LogP contribution in [0.4, 0.5) is 0 Å². The highest BCUT2D eigenvalue weighted by Crippen LogP contribution is 2.51. The van der Waals surface area contributed by atoms with Crippen LogP contribution in [0.15, 0.2) is 86.0 Å². The quantitative estimate of drug-likeness (QED) is 0.542. The van der Waals surface area contributed by atoms with Crippen molar-refractivity contribution in [1.82, 2.24) is 0 Å². The van der Waals surface area contributed by atoms with E-state index in [9.17, 15) is 4.57 Å². The lowest BCUT2D eigenvalue weighted by Crippen LogP contribution is -2.25. The van der Waals surface area contributed by atoms with Crippen LogP contribution in [0.3, 0.4) is 0 Å². The number of benzene rings is 2. The molecule has 0 fully saturated rings. The van der Waals surface area contributed by atoms with E-state index in [1.165, 1.54) is 0 Å². The van der Waals surface area contributed by atoms with Gasteiger partial charge in [0.15, 0.2) is 0 Å². The molecule has 0 radical (unpaired) electrons. The maximum absolute atomic E-state index is 14.0. The number of hydrogen-bond donors (Lipinski definition) is 0. The van der Waals surface area contributed by atoms with Crippen LogP contribution in [0.25, 0.3) is 0 Å². The Morgan fingerprint density at radius 1 is 0.810 bits per heavy atom. The Hall–Kier alpha value is -1.85. The molecule has 2 aromatic carbocycles. The Labute approximate surface area is 127 Å². The second kappa shape index (κ2) is 7.24. The molecule has 1 nitrogen and oxygen atoms in total. The Balaban J connectivity index is 2.61. The highest BCUT2D eigenvalue weighted by atomic mass is 31.2. The van der Waals surface area contributed by atoms with Crippen LogP contribution in [0.2, 0.25) is 0 Å². The van der Waals surface area contributed by atoms with Gasteiger partial charge in [-0.3, -0.25) is 0 Å². The predicted octanol–water partition coefficient (Wildman–Crippen LogP) is 4.52. The van der Waals surface area contributed by atoms with Crippen molar-refractivity contribution in [2.45, 2.75) is 18.5 Å². The van der Waals surface area contributed by atoms with E-state index in [0.29, 0.717) is 12.8 Å². The first kappa shape index (κ1) is 15.5. The van der Waals surface area contributed by atoms with Crippen LogP contribution in [-0.2, 0) is 4.57 Å². The molecule has 21 heavy (non-hydrogen) atoms. The van der Waals surface area contributed by atoms with Gasteiger partial charge < -0.3 is 4.57 Å². The van der Waals surface area contributed by atoms with Crippen molar-refractivity contribution < 1.29 is 4.57 Å². The molecule has 0 heterocycles. The summed E-state index contributed by atoms with van der Waals surface area (Å²) in [6.45, 7) is 7.66. The molecule has 2 heteroatoms. The zero-order valence-electron chi connectivity index (χ0n) is 12.2. The Morgan fingerprint density at radius 3 is 1.52 bits per heavy atom. The van der Waals surface area contributed by atoms with E-state index >= 15 is 0 Å². The molecule has 0 saturated carbocycles. The topological polar surface area (TPSA) is 17.1 Å². The third-order valence-corrected chi connectivity index (χ3v) is 7.25. The maximum atomic E-state index is 14.0. The monoisotopic (exact) mass is 296 g/mol. The van der Waals surface area contributed by atoms with Crippen molar-refractivity contribution in [2.75, 3.05) is 0 Å². The summed E-state index contributed by atoms with van der Waals surface area (Å²) < 4.78 is 14.0. The molecule has 0 aliphatic rings. The molecule has 2 aromatic rings. The molecule has 0 bridgehead atoms. The van der Waals surface area contributed by atoms with Crippen molar-refractivity contribution in [3.8, 4) is 0 Å². The average molecular weight is 296 g/mol. The van der Waals surface area contributed by atoms with Gasteiger partial charge in [-0.15, -0.1) is 13.2 Å². The van der Waals surface area contributed by atoms with E-state index in [4.69, 9.17) is 0 Å². The summed E-state index contributed by atoms with van der Waals surface area (Å²) >= 11 is 0. The average Bonchev–Trinajstić information content (AvgIpc) is 2.55. The minimum Gasteiger partial charge on any atom is -0.313 e. The third-order valence-electron chi connectivity index (χ3n) is 3.67. The number of allylic oxidation sites excluding steroid dienone is 2. The molecule has 0 N–H and O–H groups in total.